The number of nitrogens with zero attached hydrogens (tertiary/aromatic N) is 2. The van der Waals surface area contributed by atoms with Crippen molar-refractivity contribution in [1.29, 1.82) is 0 Å². The molecule has 2 fully saturated rings. The monoisotopic (exact) mass is 281 g/mol. The molecule has 1 aliphatic heterocycles. The minimum Gasteiger partial charge on any atom is -0.373 e. The average molecular weight is 281 g/mol. The van der Waals surface area contributed by atoms with E-state index >= 15 is 0 Å². The van der Waals surface area contributed by atoms with E-state index in [0.717, 1.165) is 38.8 Å². The molecular formula is C14H23N3OS. The SMILES string of the molecule is CC1(C)CN(Cc2csc(CNC3CC3)n2)CCO1. The van der Waals surface area contributed by atoms with Gasteiger partial charge in [-0.1, -0.05) is 0 Å². The van der Waals surface area contributed by atoms with Crippen LogP contribution >= 0.6 is 11.3 Å². The Morgan fingerprint density at radius 2 is 2.37 bits per heavy atom. The van der Waals surface area contributed by atoms with Gasteiger partial charge in [0, 0.05) is 37.6 Å². The highest BCUT2D eigenvalue weighted by atomic mass is 32.1. The summed E-state index contributed by atoms with van der Waals surface area (Å²) in [6, 6.07) is 0.757. The normalized spacial score (nSPS) is 23.7. The van der Waals surface area contributed by atoms with Crippen molar-refractivity contribution in [2.24, 2.45) is 0 Å². The van der Waals surface area contributed by atoms with Crippen LogP contribution in [0, 0.1) is 0 Å². The van der Waals surface area contributed by atoms with E-state index in [1.165, 1.54) is 23.5 Å². The Bertz CT molecular complexity index is 428. The number of hydrogen-bond donors (Lipinski definition) is 1. The Balaban J connectivity index is 1.51. The van der Waals surface area contributed by atoms with Gasteiger partial charge in [-0.25, -0.2) is 4.98 Å². The zero-order valence-electron chi connectivity index (χ0n) is 11.8. The van der Waals surface area contributed by atoms with Crippen molar-refractivity contribution in [2.75, 3.05) is 19.7 Å². The molecule has 1 aliphatic carbocycles. The molecule has 0 radical (unpaired) electrons. The lowest BCUT2D eigenvalue weighted by molar-refractivity contribution is -0.0884. The van der Waals surface area contributed by atoms with Gasteiger partial charge < -0.3 is 10.1 Å². The maximum Gasteiger partial charge on any atom is 0.107 e. The van der Waals surface area contributed by atoms with E-state index in [1.807, 2.05) is 0 Å². The topological polar surface area (TPSA) is 37.4 Å². The Morgan fingerprint density at radius 3 is 3.11 bits per heavy atom. The first-order chi connectivity index (χ1) is 9.11. The van der Waals surface area contributed by atoms with Gasteiger partial charge in [-0.2, -0.15) is 0 Å². The number of rotatable bonds is 5. The lowest BCUT2D eigenvalue weighted by atomic mass is 10.1. The average Bonchev–Trinajstić information content (AvgIpc) is 3.06. The maximum atomic E-state index is 5.74. The van der Waals surface area contributed by atoms with Gasteiger partial charge in [0.1, 0.15) is 5.01 Å². The van der Waals surface area contributed by atoms with Gasteiger partial charge in [-0.3, -0.25) is 4.90 Å². The van der Waals surface area contributed by atoms with Crippen molar-refractivity contribution in [3.8, 4) is 0 Å². The van der Waals surface area contributed by atoms with Crippen LogP contribution in [0.25, 0.3) is 0 Å². The van der Waals surface area contributed by atoms with Gasteiger partial charge in [0.25, 0.3) is 0 Å². The fourth-order valence-electron chi connectivity index (χ4n) is 2.50. The molecule has 0 amide bonds. The summed E-state index contributed by atoms with van der Waals surface area (Å²) in [5, 5.41) is 6.94. The molecule has 0 unspecified atom stereocenters. The fourth-order valence-corrected chi connectivity index (χ4v) is 3.24. The molecule has 1 saturated carbocycles. The zero-order valence-corrected chi connectivity index (χ0v) is 12.6. The molecule has 0 atom stereocenters. The first-order valence-corrected chi connectivity index (χ1v) is 8.02. The molecule has 4 nitrogen and oxygen atoms in total. The highest BCUT2D eigenvalue weighted by Gasteiger charge is 2.27. The molecule has 5 heteroatoms. The van der Waals surface area contributed by atoms with E-state index in [0.29, 0.717) is 0 Å². The van der Waals surface area contributed by atoms with E-state index in [2.05, 4.69) is 29.4 Å². The largest absolute Gasteiger partial charge is 0.373 e. The quantitative estimate of drug-likeness (QED) is 0.896. The predicted octanol–water partition coefficient (Wildman–Crippen LogP) is 2.01. The third-order valence-electron chi connectivity index (χ3n) is 3.61. The number of hydrogen-bond acceptors (Lipinski definition) is 5. The van der Waals surface area contributed by atoms with Crippen LogP contribution in [0.1, 0.15) is 37.4 Å². The van der Waals surface area contributed by atoms with Crippen molar-refractivity contribution < 1.29 is 4.74 Å². The lowest BCUT2D eigenvalue weighted by Gasteiger charge is -2.37. The maximum absolute atomic E-state index is 5.74. The fraction of sp³-hybridized carbons (Fsp3) is 0.786. The van der Waals surface area contributed by atoms with E-state index < -0.39 is 0 Å². The highest BCUT2D eigenvalue weighted by molar-refractivity contribution is 7.09. The minimum atomic E-state index is -0.0232. The van der Waals surface area contributed by atoms with Gasteiger partial charge >= 0.3 is 0 Å². The van der Waals surface area contributed by atoms with Crippen LogP contribution in [0.3, 0.4) is 0 Å². The summed E-state index contributed by atoms with van der Waals surface area (Å²) in [6.07, 6.45) is 2.67. The predicted molar refractivity (Wildman–Crippen MR) is 77.3 cm³/mol. The highest BCUT2D eigenvalue weighted by Crippen LogP contribution is 2.21. The summed E-state index contributed by atoms with van der Waals surface area (Å²) in [4.78, 5) is 7.17. The van der Waals surface area contributed by atoms with Gasteiger partial charge in [0.05, 0.1) is 17.9 Å². The first kappa shape index (κ1) is 13.5. The summed E-state index contributed by atoms with van der Waals surface area (Å²) in [5.41, 5.74) is 1.18. The van der Waals surface area contributed by atoms with Crippen LogP contribution in [-0.2, 0) is 17.8 Å². The van der Waals surface area contributed by atoms with E-state index in [9.17, 15) is 0 Å². The first-order valence-electron chi connectivity index (χ1n) is 7.14. The molecule has 0 aromatic carbocycles. The molecule has 2 aliphatic rings. The molecule has 0 spiro atoms. The number of ether oxygens (including phenoxy) is 1. The minimum absolute atomic E-state index is 0.0232. The van der Waals surface area contributed by atoms with Crippen molar-refractivity contribution in [3.63, 3.8) is 0 Å². The molecule has 0 bridgehead atoms. The van der Waals surface area contributed by atoms with Crippen molar-refractivity contribution >= 4 is 11.3 Å². The molecule has 19 heavy (non-hydrogen) atoms. The number of aromatic nitrogens is 1. The molecule has 1 aromatic heterocycles. The van der Waals surface area contributed by atoms with Crippen LogP contribution in [0.15, 0.2) is 5.38 Å². The van der Waals surface area contributed by atoms with Crippen LogP contribution in [-0.4, -0.2) is 41.2 Å². The number of morpholine rings is 1. The van der Waals surface area contributed by atoms with Crippen molar-refractivity contribution in [1.82, 2.24) is 15.2 Å². The second kappa shape index (κ2) is 5.48. The molecule has 2 heterocycles. The Morgan fingerprint density at radius 1 is 1.53 bits per heavy atom. The third kappa shape index (κ3) is 3.99. The second-order valence-electron chi connectivity index (χ2n) is 6.21. The van der Waals surface area contributed by atoms with E-state index in [4.69, 9.17) is 9.72 Å². The Kier molecular flexibility index (Phi) is 3.89. The smallest absolute Gasteiger partial charge is 0.107 e. The summed E-state index contributed by atoms with van der Waals surface area (Å²) < 4.78 is 5.74. The van der Waals surface area contributed by atoms with Crippen molar-refractivity contribution in [2.45, 2.75) is 51.4 Å². The van der Waals surface area contributed by atoms with Gasteiger partial charge in [0.15, 0.2) is 0 Å². The third-order valence-corrected chi connectivity index (χ3v) is 4.51. The Labute approximate surface area is 119 Å². The molecule has 1 aromatic rings. The van der Waals surface area contributed by atoms with Crippen LogP contribution < -0.4 is 5.32 Å². The summed E-state index contributed by atoms with van der Waals surface area (Å²) in [5.74, 6) is 0. The summed E-state index contributed by atoms with van der Waals surface area (Å²) >= 11 is 1.78. The Hall–Kier alpha value is -0.490. The van der Waals surface area contributed by atoms with E-state index in [1.54, 1.807) is 11.3 Å². The molecule has 1 saturated heterocycles. The van der Waals surface area contributed by atoms with Gasteiger partial charge in [-0.05, 0) is 26.7 Å². The van der Waals surface area contributed by atoms with E-state index in [-0.39, 0.29) is 5.60 Å². The van der Waals surface area contributed by atoms with Crippen LogP contribution in [0.4, 0.5) is 0 Å². The molecule has 1 N–H and O–H groups in total. The second-order valence-corrected chi connectivity index (χ2v) is 7.15. The van der Waals surface area contributed by atoms with Crippen molar-refractivity contribution in [3.05, 3.63) is 16.1 Å². The number of thiazole rings is 1. The van der Waals surface area contributed by atoms with Gasteiger partial charge in [-0.15, -0.1) is 11.3 Å². The van der Waals surface area contributed by atoms with Gasteiger partial charge in [0.2, 0.25) is 0 Å². The zero-order chi connectivity index (χ0) is 13.3. The lowest BCUT2D eigenvalue weighted by Crippen LogP contribution is -2.47. The molecule has 106 valence electrons. The standard InChI is InChI=1S/C14H23N3OS/c1-14(2)10-17(5-6-18-14)8-12-9-19-13(16-12)7-15-11-3-4-11/h9,11,15H,3-8,10H2,1-2H3. The summed E-state index contributed by atoms with van der Waals surface area (Å²) in [6.45, 7) is 9.02. The number of nitrogens with one attached hydrogen (secondary N) is 1. The molecular weight excluding hydrogens is 258 g/mol. The molecule has 3 rings (SSSR count). The van der Waals surface area contributed by atoms with Crippen LogP contribution in [0.5, 0.6) is 0 Å². The summed E-state index contributed by atoms with van der Waals surface area (Å²) in [7, 11) is 0. The van der Waals surface area contributed by atoms with Crippen LogP contribution in [0.2, 0.25) is 0 Å².